The van der Waals surface area contributed by atoms with Gasteiger partial charge in [0.25, 0.3) is 0 Å². The van der Waals surface area contributed by atoms with Gasteiger partial charge in [0.1, 0.15) is 30.8 Å². The fourth-order valence-electron chi connectivity index (χ4n) is 1.37. The van der Waals surface area contributed by atoms with Crippen LogP contribution in [0, 0.1) is 0 Å². The number of thiocarbonyl (C=S) groups is 1. The van der Waals surface area contributed by atoms with Crippen LogP contribution >= 0.6 is 12.2 Å². The van der Waals surface area contributed by atoms with E-state index in [1.165, 1.54) is 24.5 Å². The summed E-state index contributed by atoms with van der Waals surface area (Å²) in [5.74, 6) is 0. The molecule has 0 radical (unpaired) electrons. The summed E-state index contributed by atoms with van der Waals surface area (Å²) in [7, 11) is 0. The normalized spacial score (nSPS) is 9.04. The Morgan fingerprint density at radius 2 is 1.39 bits per heavy atom. The molecule has 0 amide bonds. The number of hydrogen-bond acceptors (Lipinski definition) is 8. The molecule has 0 atom stereocenters. The zero-order valence-corrected chi connectivity index (χ0v) is 12.7. The summed E-state index contributed by atoms with van der Waals surface area (Å²) in [6.07, 6.45) is 14.5. The third-order valence-electron chi connectivity index (χ3n) is 2.31. The van der Waals surface area contributed by atoms with Crippen LogP contribution in [-0.4, -0.2) is 44.9 Å². The van der Waals surface area contributed by atoms with Gasteiger partial charge in [-0.3, -0.25) is 4.57 Å². The first-order valence-electron chi connectivity index (χ1n) is 6.39. The van der Waals surface area contributed by atoms with Gasteiger partial charge in [0.05, 0.1) is 11.7 Å². The highest BCUT2D eigenvalue weighted by Crippen LogP contribution is 2.04. The highest BCUT2D eigenvalue weighted by molar-refractivity contribution is 7.78. The zero-order chi connectivity index (χ0) is 16.2. The number of imidazole rings is 1. The second-order valence-electron chi connectivity index (χ2n) is 3.80. The number of aromatic nitrogens is 8. The predicted octanol–water partition coefficient (Wildman–Crippen LogP) is 1.58. The first kappa shape index (κ1) is 16.2. The maximum atomic E-state index is 4.74. The lowest BCUT2D eigenvalue weighted by molar-refractivity contribution is 1.15. The average molecular weight is 324 g/mol. The van der Waals surface area contributed by atoms with Gasteiger partial charge in [0, 0.05) is 24.8 Å². The molecule has 4 aromatic heterocycles. The van der Waals surface area contributed by atoms with Gasteiger partial charge in [-0.2, -0.15) is 0 Å². The molecule has 0 saturated heterocycles. The fourth-order valence-corrected chi connectivity index (χ4v) is 1.52. The fraction of sp³-hybridized carbons (Fsp3) is 0. The average Bonchev–Trinajstić information content (AvgIpc) is 3.09. The van der Waals surface area contributed by atoms with Crippen LogP contribution in [0.15, 0.2) is 68.4 Å². The minimum Gasteiger partial charge on any atom is -0.280 e. The third-order valence-corrected chi connectivity index (χ3v) is 2.53. The lowest BCUT2D eigenvalue weighted by Gasteiger charge is -1.89. The van der Waals surface area contributed by atoms with Crippen LogP contribution in [0.25, 0.3) is 11.2 Å². The summed E-state index contributed by atoms with van der Waals surface area (Å²) in [4.78, 5) is 26.6. The van der Waals surface area contributed by atoms with Crippen molar-refractivity contribution in [3.8, 4) is 0 Å². The van der Waals surface area contributed by atoms with E-state index in [0.29, 0.717) is 0 Å². The lowest BCUT2D eigenvalue weighted by Crippen LogP contribution is -1.91. The molecule has 0 aromatic carbocycles. The van der Waals surface area contributed by atoms with Crippen molar-refractivity contribution >= 4 is 28.9 Å². The van der Waals surface area contributed by atoms with Gasteiger partial charge >= 0.3 is 0 Å². The Hall–Kier alpha value is -3.20. The Balaban J connectivity index is 0.000000136. The summed E-state index contributed by atoms with van der Waals surface area (Å²) in [6.45, 7) is 0. The van der Waals surface area contributed by atoms with Gasteiger partial charge in [0.2, 0.25) is 0 Å². The van der Waals surface area contributed by atoms with Gasteiger partial charge in [0.15, 0.2) is 5.65 Å². The maximum Gasteiger partial charge on any atom is 0.167 e. The summed E-state index contributed by atoms with van der Waals surface area (Å²) in [6, 6.07) is 3.56. The SMILES string of the molecule is S=Cn1cnc2cncnc21.c1cncnc1.c1cncnc1. The van der Waals surface area contributed by atoms with Crippen molar-refractivity contribution in [3.63, 3.8) is 0 Å². The quantitative estimate of drug-likeness (QED) is 0.487. The molecular weight excluding hydrogens is 312 g/mol. The molecule has 0 aliphatic rings. The molecule has 4 aromatic rings. The highest BCUT2D eigenvalue weighted by atomic mass is 32.1. The van der Waals surface area contributed by atoms with E-state index < -0.39 is 0 Å². The minimum atomic E-state index is 0.745. The zero-order valence-electron chi connectivity index (χ0n) is 11.9. The summed E-state index contributed by atoms with van der Waals surface area (Å²) in [5.41, 5.74) is 2.99. The van der Waals surface area contributed by atoms with Crippen molar-refractivity contribution < 1.29 is 0 Å². The molecular formula is C14H12N8S. The first-order valence-corrected chi connectivity index (χ1v) is 6.86. The van der Waals surface area contributed by atoms with Crippen LogP contribution < -0.4 is 0 Å². The highest BCUT2D eigenvalue weighted by Gasteiger charge is 1.98. The van der Waals surface area contributed by atoms with Crippen LogP contribution in [0.4, 0.5) is 0 Å². The van der Waals surface area contributed by atoms with Gasteiger partial charge in [-0.05, 0) is 12.1 Å². The summed E-state index contributed by atoms with van der Waals surface area (Å²) >= 11 is 4.74. The van der Waals surface area contributed by atoms with Gasteiger partial charge in [-0.1, -0.05) is 12.2 Å². The Labute approximate surface area is 137 Å². The lowest BCUT2D eigenvalue weighted by atomic mass is 10.6. The molecule has 0 unspecified atom stereocenters. The van der Waals surface area contributed by atoms with E-state index in [1.807, 2.05) is 0 Å². The number of hydrogen-bond donors (Lipinski definition) is 0. The van der Waals surface area contributed by atoms with Gasteiger partial charge in [-0.25, -0.2) is 34.9 Å². The van der Waals surface area contributed by atoms with E-state index in [1.54, 1.807) is 54.0 Å². The van der Waals surface area contributed by atoms with E-state index in [4.69, 9.17) is 12.2 Å². The number of rotatable bonds is 1. The molecule has 4 heterocycles. The summed E-state index contributed by atoms with van der Waals surface area (Å²) < 4.78 is 1.67. The van der Waals surface area contributed by atoms with Crippen LogP contribution in [0.2, 0.25) is 0 Å². The van der Waals surface area contributed by atoms with Crippen LogP contribution in [0.1, 0.15) is 0 Å². The molecule has 0 aliphatic heterocycles. The van der Waals surface area contributed by atoms with Crippen molar-refractivity contribution in [2.45, 2.75) is 0 Å². The monoisotopic (exact) mass is 324 g/mol. The molecule has 0 bridgehead atoms. The Bertz CT molecular complexity index is 722. The van der Waals surface area contributed by atoms with E-state index in [9.17, 15) is 0 Å². The molecule has 0 spiro atoms. The van der Waals surface area contributed by atoms with Gasteiger partial charge < -0.3 is 0 Å². The first-order chi connectivity index (χ1) is 11.4. The second kappa shape index (κ2) is 9.68. The van der Waals surface area contributed by atoms with Crippen molar-refractivity contribution in [1.29, 1.82) is 0 Å². The molecule has 4 rings (SSSR count). The standard InChI is InChI=1S/C6H4N4S.2C4H4N2/c11-4-10-3-9-5-1-7-2-8-6(5)10;2*1-2-5-4-6-3-1/h1-4H;2*1-4H. The number of nitrogens with zero attached hydrogens (tertiary/aromatic N) is 8. The minimum absolute atomic E-state index is 0.745. The van der Waals surface area contributed by atoms with Gasteiger partial charge in [-0.15, -0.1) is 0 Å². The molecule has 114 valence electrons. The summed E-state index contributed by atoms with van der Waals surface area (Å²) in [5, 5.41) is 0. The molecule has 0 N–H and O–H groups in total. The number of fused-ring (bicyclic) bond motifs is 1. The Kier molecular flexibility index (Phi) is 6.81. The molecule has 0 fully saturated rings. The van der Waals surface area contributed by atoms with Crippen molar-refractivity contribution in [1.82, 2.24) is 39.5 Å². The molecule has 0 aliphatic carbocycles. The smallest absolute Gasteiger partial charge is 0.167 e. The van der Waals surface area contributed by atoms with E-state index in [2.05, 4.69) is 34.9 Å². The van der Waals surface area contributed by atoms with E-state index in [-0.39, 0.29) is 0 Å². The Morgan fingerprint density at radius 3 is 1.83 bits per heavy atom. The topological polar surface area (TPSA) is 95.2 Å². The molecule has 0 saturated carbocycles. The molecule has 23 heavy (non-hydrogen) atoms. The van der Waals surface area contributed by atoms with Crippen LogP contribution in [0.3, 0.4) is 0 Å². The largest absolute Gasteiger partial charge is 0.280 e. The molecule has 9 heteroatoms. The Morgan fingerprint density at radius 1 is 0.783 bits per heavy atom. The molecule has 8 nitrogen and oxygen atoms in total. The van der Waals surface area contributed by atoms with Crippen molar-refractivity contribution in [2.75, 3.05) is 0 Å². The van der Waals surface area contributed by atoms with Crippen LogP contribution in [-0.2, 0) is 0 Å². The van der Waals surface area contributed by atoms with Crippen molar-refractivity contribution in [2.24, 2.45) is 0 Å². The second-order valence-corrected chi connectivity index (χ2v) is 4.01. The van der Waals surface area contributed by atoms with Crippen LogP contribution in [0.5, 0.6) is 0 Å². The third kappa shape index (κ3) is 5.59. The van der Waals surface area contributed by atoms with E-state index in [0.717, 1.165) is 11.2 Å². The van der Waals surface area contributed by atoms with E-state index >= 15 is 0 Å². The predicted molar refractivity (Wildman–Crippen MR) is 88.4 cm³/mol. The van der Waals surface area contributed by atoms with Crippen molar-refractivity contribution in [3.05, 3.63) is 68.4 Å². The maximum absolute atomic E-state index is 4.74.